The molecule has 124 valence electrons. The summed E-state index contributed by atoms with van der Waals surface area (Å²) in [6.45, 7) is 0. The summed E-state index contributed by atoms with van der Waals surface area (Å²) in [5, 5.41) is 5.77. The number of carbonyl (C=O) groups excluding carboxylic acids is 2. The lowest BCUT2D eigenvalue weighted by atomic mass is 9.83. The molecular weight excluding hydrogens is 308 g/mol. The van der Waals surface area contributed by atoms with Crippen molar-refractivity contribution in [3.63, 3.8) is 0 Å². The van der Waals surface area contributed by atoms with E-state index >= 15 is 0 Å². The molecule has 1 aliphatic heterocycles. The minimum Gasteiger partial charge on any atom is -0.359 e. The maximum atomic E-state index is 12.8. The van der Waals surface area contributed by atoms with Crippen LogP contribution in [-0.4, -0.2) is 30.7 Å². The van der Waals surface area contributed by atoms with Crippen molar-refractivity contribution >= 4 is 23.6 Å². The van der Waals surface area contributed by atoms with Crippen molar-refractivity contribution < 1.29 is 9.59 Å². The van der Waals surface area contributed by atoms with Gasteiger partial charge in [0, 0.05) is 13.1 Å². The quantitative estimate of drug-likeness (QED) is 0.894. The number of hydrogen-bond acceptors (Lipinski definition) is 3. The molecule has 0 bridgehead atoms. The zero-order valence-electron chi connectivity index (χ0n) is 13.5. The van der Waals surface area contributed by atoms with Gasteiger partial charge in [-0.2, -0.15) is 0 Å². The number of benzene rings is 1. The van der Waals surface area contributed by atoms with Crippen LogP contribution in [0, 0.1) is 5.92 Å². The highest BCUT2D eigenvalue weighted by Crippen LogP contribution is 2.37. The van der Waals surface area contributed by atoms with Gasteiger partial charge in [0.25, 0.3) is 0 Å². The van der Waals surface area contributed by atoms with Crippen LogP contribution in [0.25, 0.3) is 0 Å². The summed E-state index contributed by atoms with van der Waals surface area (Å²) in [5.41, 5.74) is 2.41. The zero-order chi connectivity index (χ0) is 16.2. The summed E-state index contributed by atoms with van der Waals surface area (Å²) in [5.74, 6) is 0.981. The van der Waals surface area contributed by atoms with Crippen molar-refractivity contribution in [3.05, 3.63) is 35.4 Å². The van der Waals surface area contributed by atoms with Gasteiger partial charge < -0.3 is 10.6 Å². The SMILES string of the molecule is CNC(=O)[C@@H]1CCCC[C@@H]1NC(=O)[C@@H]1SCCc2ccccc21. The van der Waals surface area contributed by atoms with Crippen LogP contribution in [0.3, 0.4) is 0 Å². The molecule has 0 unspecified atom stereocenters. The maximum absolute atomic E-state index is 12.8. The van der Waals surface area contributed by atoms with Crippen molar-refractivity contribution in [2.75, 3.05) is 12.8 Å². The van der Waals surface area contributed by atoms with Gasteiger partial charge in [-0.25, -0.2) is 0 Å². The third-order valence-electron chi connectivity index (χ3n) is 4.91. The second-order valence-electron chi connectivity index (χ2n) is 6.32. The molecule has 23 heavy (non-hydrogen) atoms. The molecular formula is C18H24N2O2S. The van der Waals surface area contributed by atoms with Crippen LogP contribution in [0.15, 0.2) is 24.3 Å². The Labute approximate surface area is 141 Å². The number of aryl methyl sites for hydroxylation is 1. The van der Waals surface area contributed by atoms with Crippen LogP contribution in [0.1, 0.15) is 42.1 Å². The maximum Gasteiger partial charge on any atom is 0.237 e. The predicted molar refractivity (Wildman–Crippen MR) is 93.3 cm³/mol. The van der Waals surface area contributed by atoms with Crippen LogP contribution in [0.2, 0.25) is 0 Å². The molecule has 1 heterocycles. The first-order valence-corrected chi connectivity index (χ1v) is 9.47. The Morgan fingerprint density at radius 1 is 1.13 bits per heavy atom. The molecule has 4 nitrogen and oxygen atoms in total. The van der Waals surface area contributed by atoms with Crippen molar-refractivity contribution in [2.24, 2.45) is 5.92 Å². The van der Waals surface area contributed by atoms with Crippen molar-refractivity contribution in [3.8, 4) is 0 Å². The largest absolute Gasteiger partial charge is 0.359 e. The van der Waals surface area contributed by atoms with E-state index in [1.807, 2.05) is 12.1 Å². The molecule has 0 saturated heterocycles. The fourth-order valence-electron chi connectivity index (χ4n) is 3.67. The van der Waals surface area contributed by atoms with Gasteiger partial charge in [0.1, 0.15) is 5.25 Å². The van der Waals surface area contributed by atoms with E-state index in [0.29, 0.717) is 0 Å². The third kappa shape index (κ3) is 3.55. The molecule has 2 amide bonds. The average molecular weight is 332 g/mol. The molecule has 0 spiro atoms. The zero-order valence-corrected chi connectivity index (χ0v) is 14.3. The van der Waals surface area contributed by atoms with Crippen molar-refractivity contribution in [2.45, 2.75) is 43.4 Å². The van der Waals surface area contributed by atoms with Gasteiger partial charge in [-0.05, 0) is 36.1 Å². The summed E-state index contributed by atoms with van der Waals surface area (Å²) in [6, 6.07) is 8.17. The van der Waals surface area contributed by atoms with E-state index in [-0.39, 0.29) is 29.0 Å². The topological polar surface area (TPSA) is 58.2 Å². The van der Waals surface area contributed by atoms with Gasteiger partial charge in [-0.1, -0.05) is 37.1 Å². The number of nitrogens with one attached hydrogen (secondary N) is 2. The van der Waals surface area contributed by atoms with Crippen LogP contribution in [0.5, 0.6) is 0 Å². The molecule has 1 fully saturated rings. The van der Waals surface area contributed by atoms with E-state index < -0.39 is 0 Å². The highest BCUT2D eigenvalue weighted by atomic mass is 32.2. The second-order valence-corrected chi connectivity index (χ2v) is 7.53. The van der Waals surface area contributed by atoms with Crippen molar-refractivity contribution in [1.82, 2.24) is 10.6 Å². The molecule has 2 N–H and O–H groups in total. The lowest BCUT2D eigenvalue weighted by molar-refractivity contribution is -0.127. The number of thioether (sulfide) groups is 1. The molecule has 3 rings (SSSR count). The van der Waals surface area contributed by atoms with Crippen LogP contribution < -0.4 is 10.6 Å². The Hall–Kier alpha value is -1.49. The number of rotatable bonds is 3. The average Bonchev–Trinajstić information content (AvgIpc) is 2.61. The van der Waals surface area contributed by atoms with E-state index in [1.165, 1.54) is 5.56 Å². The van der Waals surface area contributed by atoms with E-state index in [9.17, 15) is 9.59 Å². The summed E-state index contributed by atoms with van der Waals surface area (Å²) in [7, 11) is 1.67. The van der Waals surface area contributed by atoms with E-state index in [1.54, 1.807) is 18.8 Å². The Morgan fingerprint density at radius 3 is 2.74 bits per heavy atom. The second kappa shape index (κ2) is 7.39. The van der Waals surface area contributed by atoms with Crippen molar-refractivity contribution in [1.29, 1.82) is 0 Å². The van der Waals surface area contributed by atoms with Gasteiger partial charge in [0.15, 0.2) is 0 Å². The van der Waals surface area contributed by atoms with Gasteiger partial charge >= 0.3 is 0 Å². The van der Waals surface area contributed by atoms with E-state index in [0.717, 1.165) is 43.4 Å². The molecule has 2 aliphatic rings. The minimum absolute atomic E-state index is 0.0362. The Balaban J connectivity index is 1.72. The van der Waals surface area contributed by atoms with Crippen LogP contribution in [-0.2, 0) is 16.0 Å². The first-order valence-electron chi connectivity index (χ1n) is 8.42. The van der Waals surface area contributed by atoms with Gasteiger partial charge in [-0.3, -0.25) is 9.59 Å². The number of fused-ring (bicyclic) bond motifs is 1. The Morgan fingerprint density at radius 2 is 1.91 bits per heavy atom. The third-order valence-corrected chi connectivity index (χ3v) is 6.15. The lowest BCUT2D eigenvalue weighted by Gasteiger charge is -2.33. The molecule has 1 aromatic rings. The summed E-state index contributed by atoms with van der Waals surface area (Å²) >= 11 is 1.71. The van der Waals surface area contributed by atoms with E-state index in [2.05, 4.69) is 22.8 Å². The standard InChI is InChI=1S/C18H24N2O2S/c1-19-17(21)14-8-4-5-9-15(14)20-18(22)16-13-7-3-2-6-12(13)10-11-23-16/h2-3,6-7,14-16H,4-5,8-11H2,1H3,(H,19,21)(H,20,22)/t14-,15+,16-/m1/s1. The number of carbonyl (C=O) groups is 2. The fourth-order valence-corrected chi connectivity index (χ4v) is 4.87. The highest BCUT2D eigenvalue weighted by molar-refractivity contribution is 8.00. The molecule has 1 aromatic carbocycles. The molecule has 1 saturated carbocycles. The molecule has 5 heteroatoms. The normalized spacial score (nSPS) is 26.9. The Bertz CT molecular complexity index is 590. The van der Waals surface area contributed by atoms with E-state index in [4.69, 9.17) is 0 Å². The Kier molecular flexibility index (Phi) is 5.26. The van der Waals surface area contributed by atoms with Crippen LogP contribution in [0.4, 0.5) is 0 Å². The highest BCUT2D eigenvalue weighted by Gasteiger charge is 2.34. The summed E-state index contributed by atoms with van der Waals surface area (Å²) < 4.78 is 0. The molecule has 0 aromatic heterocycles. The molecule has 0 radical (unpaired) electrons. The first kappa shape index (κ1) is 16.4. The smallest absolute Gasteiger partial charge is 0.237 e. The summed E-state index contributed by atoms with van der Waals surface area (Å²) in [4.78, 5) is 24.9. The molecule has 1 aliphatic carbocycles. The molecule has 3 atom stereocenters. The fraction of sp³-hybridized carbons (Fsp3) is 0.556. The van der Waals surface area contributed by atoms with Gasteiger partial charge in [0.05, 0.1) is 5.92 Å². The lowest BCUT2D eigenvalue weighted by Crippen LogP contribution is -2.48. The minimum atomic E-state index is -0.146. The number of amides is 2. The number of hydrogen-bond donors (Lipinski definition) is 2. The monoisotopic (exact) mass is 332 g/mol. The van der Waals surface area contributed by atoms with Crippen LogP contribution >= 0.6 is 11.8 Å². The van der Waals surface area contributed by atoms with Gasteiger partial charge in [0.2, 0.25) is 11.8 Å². The first-order chi connectivity index (χ1) is 11.2. The summed E-state index contributed by atoms with van der Waals surface area (Å²) in [6.07, 6.45) is 4.91. The predicted octanol–water partition coefficient (Wildman–Crippen LogP) is 2.44. The van der Waals surface area contributed by atoms with Gasteiger partial charge in [-0.15, -0.1) is 11.8 Å².